The maximum absolute atomic E-state index is 13.1. The third kappa shape index (κ3) is 2.87. The van der Waals surface area contributed by atoms with Gasteiger partial charge in [-0.3, -0.25) is 9.69 Å². The van der Waals surface area contributed by atoms with Crippen molar-refractivity contribution in [3.05, 3.63) is 41.4 Å². The molecule has 0 saturated carbocycles. The molecule has 1 N–H and O–H groups in total. The summed E-state index contributed by atoms with van der Waals surface area (Å²) < 4.78 is 22.8. The number of nitrogens with zero attached hydrogens (tertiary/aromatic N) is 1. The zero-order chi connectivity index (χ0) is 17.1. The molecule has 0 saturated heterocycles. The van der Waals surface area contributed by atoms with Crippen molar-refractivity contribution in [3.8, 4) is 0 Å². The van der Waals surface area contributed by atoms with E-state index in [1.807, 2.05) is 0 Å². The number of carbonyl (C=O) groups excluding carboxylic acids is 2. The molecule has 0 aromatic heterocycles. The molecule has 1 aliphatic rings. The van der Waals surface area contributed by atoms with E-state index in [9.17, 15) is 23.9 Å². The highest BCUT2D eigenvalue weighted by atomic mass is 19.1. The normalized spacial score (nSPS) is 17.4. The Hall–Kier alpha value is -2.90. The van der Waals surface area contributed by atoms with Crippen LogP contribution in [0.5, 0.6) is 0 Å². The lowest BCUT2D eigenvalue weighted by Gasteiger charge is -2.23. The van der Waals surface area contributed by atoms with Crippen LogP contribution in [0.15, 0.2) is 35.6 Å². The van der Waals surface area contributed by atoms with Gasteiger partial charge in [0, 0.05) is 5.69 Å². The van der Waals surface area contributed by atoms with Crippen molar-refractivity contribution in [2.75, 3.05) is 18.6 Å². The Kier molecular flexibility index (Phi) is 4.63. The van der Waals surface area contributed by atoms with Crippen LogP contribution in [-0.2, 0) is 23.9 Å². The summed E-state index contributed by atoms with van der Waals surface area (Å²) in [4.78, 5) is 37.0. The number of anilines is 1. The number of rotatable bonds is 5. The molecule has 1 amide bonds. The summed E-state index contributed by atoms with van der Waals surface area (Å²) in [6.45, 7) is 1.62. The second-order valence-electron chi connectivity index (χ2n) is 4.56. The molecular weight excluding hydrogens is 309 g/mol. The minimum absolute atomic E-state index is 0.0446. The summed E-state index contributed by atoms with van der Waals surface area (Å²) in [6.07, 6.45) is 0. The Labute approximate surface area is 130 Å². The number of hydrogen-bond acceptors (Lipinski definition) is 5. The molecule has 1 aliphatic heterocycles. The quantitative estimate of drug-likeness (QED) is 0.815. The highest BCUT2D eigenvalue weighted by Gasteiger charge is 2.49. The first-order chi connectivity index (χ1) is 10.9. The second kappa shape index (κ2) is 6.47. The SMILES string of the molecule is CCOC1=C(C(=O)O)C(C(=O)OC)N(c2ccc(F)cc2)C1=O. The van der Waals surface area contributed by atoms with E-state index in [1.165, 1.54) is 12.1 Å². The van der Waals surface area contributed by atoms with Crippen molar-refractivity contribution >= 4 is 23.5 Å². The molecule has 122 valence electrons. The van der Waals surface area contributed by atoms with Crippen molar-refractivity contribution in [3.63, 3.8) is 0 Å². The highest BCUT2D eigenvalue weighted by molar-refractivity contribution is 6.19. The highest BCUT2D eigenvalue weighted by Crippen LogP contribution is 2.33. The fourth-order valence-corrected chi connectivity index (χ4v) is 2.30. The van der Waals surface area contributed by atoms with Gasteiger partial charge in [-0.05, 0) is 31.2 Å². The van der Waals surface area contributed by atoms with Gasteiger partial charge in [-0.1, -0.05) is 0 Å². The zero-order valence-electron chi connectivity index (χ0n) is 12.4. The predicted octanol–water partition coefficient (Wildman–Crippen LogP) is 1.09. The molecule has 1 atom stereocenters. The molecule has 23 heavy (non-hydrogen) atoms. The van der Waals surface area contributed by atoms with Gasteiger partial charge in [0.25, 0.3) is 5.91 Å². The largest absolute Gasteiger partial charge is 0.488 e. The molecule has 0 aliphatic carbocycles. The van der Waals surface area contributed by atoms with Crippen LogP contribution >= 0.6 is 0 Å². The zero-order valence-corrected chi connectivity index (χ0v) is 12.4. The second-order valence-corrected chi connectivity index (χ2v) is 4.56. The third-order valence-electron chi connectivity index (χ3n) is 3.24. The number of ether oxygens (including phenoxy) is 2. The first-order valence-corrected chi connectivity index (χ1v) is 6.69. The molecule has 1 aromatic carbocycles. The molecule has 8 heteroatoms. The minimum atomic E-state index is -1.50. The lowest BCUT2D eigenvalue weighted by atomic mass is 10.1. The molecule has 1 unspecified atom stereocenters. The summed E-state index contributed by atoms with van der Waals surface area (Å²) in [5.74, 6) is -4.17. The molecule has 0 radical (unpaired) electrons. The maximum Gasteiger partial charge on any atom is 0.338 e. The number of aliphatic carboxylic acids is 1. The standard InChI is InChI=1S/C15H14FNO6/c1-3-23-12-10(14(19)20)11(15(21)22-2)17(13(12)18)9-6-4-8(16)5-7-9/h4-7,11H,3H2,1-2H3,(H,19,20). The third-order valence-corrected chi connectivity index (χ3v) is 3.24. The Balaban J connectivity index is 2.58. The molecule has 0 fully saturated rings. The smallest absolute Gasteiger partial charge is 0.338 e. The van der Waals surface area contributed by atoms with Crippen LogP contribution in [0, 0.1) is 5.82 Å². The van der Waals surface area contributed by atoms with Crippen molar-refractivity contribution in [2.24, 2.45) is 0 Å². The average Bonchev–Trinajstić information content (AvgIpc) is 2.81. The molecular formula is C15H14FNO6. The van der Waals surface area contributed by atoms with Crippen LogP contribution < -0.4 is 4.90 Å². The molecule has 0 bridgehead atoms. The number of halogens is 1. The topological polar surface area (TPSA) is 93.1 Å². The average molecular weight is 323 g/mol. The molecule has 2 rings (SSSR count). The number of esters is 1. The lowest BCUT2D eigenvalue weighted by Crippen LogP contribution is -2.43. The summed E-state index contributed by atoms with van der Waals surface area (Å²) in [7, 11) is 1.08. The van der Waals surface area contributed by atoms with E-state index < -0.39 is 41.0 Å². The van der Waals surface area contributed by atoms with E-state index in [0.717, 1.165) is 24.1 Å². The number of benzene rings is 1. The van der Waals surface area contributed by atoms with Crippen molar-refractivity contribution in [2.45, 2.75) is 13.0 Å². The summed E-state index contributed by atoms with van der Waals surface area (Å²) in [6, 6.07) is 3.21. The fourth-order valence-electron chi connectivity index (χ4n) is 2.30. The van der Waals surface area contributed by atoms with E-state index in [2.05, 4.69) is 4.74 Å². The van der Waals surface area contributed by atoms with Crippen LogP contribution in [0.2, 0.25) is 0 Å². The number of hydrogen-bond donors (Lipinski definition) is 1. The summed E-state index contributed by atoms with van der Waals surface area (Å²) in [5.41, 5.74) is -0.353. The van der Waals surface area contributed by atoms with Crippen molar-refractivity contribution in [1.82, 2.24) is 0 Å². The first kappa shape index (κ1) is 16.5. The van der Waals surface area contributed by atoms with Crippen LogP contribution in [-0.4, -0.2) is 42.7 Å². The molecule has 0 spiro atoms. The molecule has 1 aromatic rings. The monoisotopic (exact) mass is 323 g/mol. The Morgan fingerprint density at radius 2 is 1.91 bits per heavy atom. The van der Waals surface area contributed by atoms with Crippen LogP contribution in [0.1, 0.15) is 6.92 Å². The molecule has 1 heterocycles. The summed E-state index contributed by atoms with van der Waals surface area (Å²) in [5, 5.41) is 9.37. The van der Waals surface area contributed by atoms with Gasteiger partial charge >= 0.3 is 11.9 Å². The van der Waals surface area contributed by atoms with Gasteiger partial charge in [0.2, 0.25) is 0 Å². The van der Waals surface area contributed by atoms with E-state index in [1.54, 1.807) is 6.92 Å². The van der Waals surface area contributed by atoms with Gasteiger partial charge in [-0.15, -0.1) is 0 Å². The number of carbonyl (C=O) groups is 3. The minimum Gasteiger partial charge on any atom is -0.488 e. The summed E-state index contributed by atoms with van der Waals surface area (Å²) >= 11 is 0. The van der Waals surface area contributed by atoms with Crippen molar-refractivity contribution in [1.29, 1.82) is 0 Å². The maximum atomic E-state index is 13.1. The van der Waals surface area contributed by atoms with Crippen LogP contribution in [0.4, 0.5) is 10.1 Å². The van der Waals surface area contributed by atoms with Gasteiger partial charge < -0.3 is 14.6 Å². The fraction of sp³-hybridized carbons (Fsp3) is 0.267. The van der Waals surface area contributed by atoms with Crippen LogP contribution in [0.3, 0.4) is 0 Å². The first-order valence-electron chi connectivity index (χ1n) is 6.69. The van der Waals surface area contributed by atoms with E-state index in [4.69, 9.17) is 4.74 Å². The number of carboxylic acid groups (broad SMARTS) is 1. The van der Waals surface area contributed by atoms with Crippen molar-refractivity contribution < 1.29 is 33.4 Å². The number of amides is 1. The predicted molar refractivity (Wildman–Crippen MR) is 76.0 cm³/mol. The molecule has 7 nitrogen and oxygen atoms in total. The van der Waals surface area contributed by atoms with Gasteiger partial charge in [-0.25, -0.2) is 14.0 Å². The Morgan fingerprint density at radius 1 is 1.30 bits per heavy atom. The number of methoxy groups -OCH3 is 1. The van der Waals surface area contributed by atoms with E-state index in [0.29, 0.717) is 0 Å². The number of carboxylic acids is 1. The van der Waals surface area contributed by atoms with Gasteiger partial charge in [-0.2, -0.15) is 0 Å². The lowest BCUT2D eigenvalue weighted by molar-refractivity contribution is -0.143. The Morgan fingerprint density at radius 3 is 2.39 bits per heavy atom. The van der Waals surface area contributed by atoms with Gasteiger partial charge in [0.05, 0.1) is 13.7 Å². The van der Waals surface area contributed by atoms with Gasteiger partial charge in [0.1, 0.15) is 11.4 Å². The van der Waals surface area contributed by atoms with Crippen LogP contribution in [0.25, 0.3) is 0 Å². The van der Waals surface area contributed by atoms with E-state index >= 15 is 0 Å². The van der Waals surface area contributed by atoms with E-state index in [-0.39, 0.29) is 12.3 Å². The van der Waals surface area contributed by atoms with Gasteiger partial charge in [0.15, 0.2) is 11.8 Å². The Bertz CT molecular complexity index is 682.